The Morgan fingerprint density at radius 2 is 1.43 bits per heavy atom. The summed E-state index contributed by atoms with van der Waals surface area (Å²) in [4.78, 5) is 107. The molecule has 6 rings (SSSR count). The van der Waals surface area contributed by atoms with Gasteiger partial charge < -0.3 is 104 Å². The molecule has 2 aromatic rings. The number of nitrogens with zero attached hydrogens (tertiary/aromatic N) is 3. The van der Waals surface area contributed by atoms with E-state index in [9.17, 15) is 74.4 Å². The second kappa shape index (κ2) is 24.5. The van der Waals surface area contributed by atoms with Crippen LogP contribution in [0.3, 0.4) is 0 Å². The largest absolute Gasteiger partial charge is 0.506 e. The predicted molar refractivity (Wildman–Crippen MR) is 254 cm³/mol. The highest BCUT2D eigenvalue weighted by molar-refractivity contribution is 5.98. The van der Waals surface area contributed by atoms with Crippen LogP contribution in [0.2, 0.25) is 0 Å². The number of hydrogen-bond acceptors (Lipinski definition) is 23. The fraction of sp³-hybridized carbons (Fsp3) is 0.523. The number of hydrogen-bond donors (Lipinski definition) is 18. The molecule has 2 aromatic carbocycles. The summed E-state index contributed by atoms with van der Waals surface area (Å²) in [5.41, 5.74) is 12.5. The lowest BCUT2D eigenvalue weighted by Gasteiger charge is -2.46. The lowest BCUT2D eigenvalue weighted by atomic mass is 9.92. The standard InChI is InChI=1S/C44H61N13O17/c1-17(19-6-4-3-5-7-19)28-38(69)50-21(11-18-8-9-25(60)20(10-18)53-44(72)73-2)37(68)55-29(31(62)22-12-48-42(45)52-22)40(71)56-30(39(70)51-23(15-58)36(67)47-14-27(61)54-28)32(63)24-13-49-43(46)57(24)41-35(66)34(65)33(64)26(16-59)74-41/h3-10,17,21-24,26,28-35,41,58-60,62-66H,11-16H2,1-2H3,(H2,46,49)(H,47,67)(H,50,69)(H,51,70)(H,53,72)(H,54,61)(H,55,68)(H,56,71)(H3,45,48,52)/t17?,21-,22?,23+,24?,26-,28+,29+,30-,31?,32?,33-,34+,35+,41+/m1/s1. The number of rotatable bonds is 12. The van der Waals surface area contributed by atoms with Gasteiger partial charge in [-0.3, -0.25) is 44.1 Å². The van der Waals surface area contributed by atoms with E-state index < -0.39 is 177 Å². The number of carbonyl (C=O) groups excluding carboxylic acids is 7. The maximum absolute atomic E-state index is 14.8. The number of nitrogens with two attached hydrogens (primary N) is 2. The van der Waals surface area contributed by atoms with Crippen LogP contribution in [-0.4, -0.2) is 224 Å². The SMILES string of the molecule is COC(=O)Nc1cc(C[C@H]2NC(=O)[C@H](C(C)c3ccccc3)NC(=O)CNC(=O)[C@H](CO)NC(=O)[C@@H](C(O)C3CN=C(N)N3[C@H]3O[C@H](CO)[C@@H](O)[C@H](O)[C@@H]3O)NC(=O)[C@H](C(O)C3CN=C(N)N3)NC2=O)ccc1O. The van der Waals surface area contributed by atoms with Gasteiger partial charge in [-0.15, -0.1) is 0 Å². The Morgan fingerprint density at radius 3 is 2.08 bits per heavy atom. The zero-order chi connectivity index (χ0) is 54.1. The smallest absolute Gasteiger partial charge is 0.411 e. The van der Waals surface area contributed by atoms with Gasteiger partial charge in [0.2, 0.25) is 35.4 Å². The van der Waals surface area contributed by atoms with Gasteiger partial charge in [0.25, 0.3) is 0 Å². The number of benzene rings is 2. The maximum Gasteiger partial charge on any atom is 0.411 e. The van der Waals surface area contributed by atoms with Crippen LogP contribution in [0.5, 0.6) is 5.75 Å². The molecule has 20 N–H and O–H groups in total. The van der Waals surface area contributed by atoms with Crippen molar-refractivity contribution in [1.82, 2.24) is 42.1 Å². The molecule has 7 amide bonds. The highest BCUT2D eigenvalue weighted by Gasteiger charge is 2.52. The lowest BCUT2D eigenvalue weighted by molar-refractivity contribution is -0.260. The molecule has 0 saturated carbocycles. The van der Waals surface area contributed by atoms with Crippen molar-refractivity contribution >= 4 is 59.1 Å². The normalized spacial score (nSPS) is 30.7. The molecule has 4 heterocycles. The Bertz CT molecular complexity index is 2450. The molecule has 2 fully saturated rings. The van der Waals surface area contributed by atoms with Crippen LogP contribution in [-0.2, 0) is 44.7 Å². The number of methoxy groups -OCH3 is 1. The molecule has 0 aliphatic carbocycles. The summed E-state index contributed by atoms with van der Waals surface area (Å²) in [7, 11) is 1.07. The predicted octanol–water partition coefficient (Wildman–Crippen LogP) is -8.73. The van der Waals surface area contributed by atoms with Gasteiger partial charge in [0, 0.05) is 12.3 Å². The maximum atomic E-state index is 14.8. The zero-order valence-corrected chi connectivity index (χ0v) is 39.8. The van der Waals surface area contributed by atoms with E-state index in [1.807, 2.05) is 0 Å². The van der Waals surface area contributed by atoms with Crippen LogP contribution < -0.4 is 54.0 Å². The van der Waals surface area contributed by atoms with Crippen LogP contribution in [0.15, 0.2) is 58.5 Å². The molecule has 5 unspecified atom stereocenters. The summed E-state index contributed by atoms with van der Waals surface area (Å²) >= 11 is 0. The first kappa shape index (κ1) is 55.9. The van der Waals surface area contributed by atoms with E-state index in [1.165, 1.54) is 12.1 Å². The van der Waals surface area contributed by atoms with Crippen molar-refractivity contribution in [3.63, 3.8) is 0 Å². The van der Waals surface area contributed by atoms with Gasteiger partial charge in [0.1, 0.15) is 72.6 Å². The monoisotopic (exact) mass is 1040 g/mol. The number of anilines is 1. The van der Waals surface area contributed by atoms with E-state index in [4.69, 9.17) is 16.2 Å². The summed E-state index contributed by atoms with van der Waals surface area (Å²) in [6, 6.07) is -0.410. The van der Waals surface area contributed by atoms with Crippen molar-refractivity contribution in [2.24, 2.45) is 21.5 Å². The quantitative estimate of drug-likeness (QED) is 0.0878. The number of nitrogens with one attached hydrogen (secondary N) is 8. The van der Waals surface area contributed by atoms with E-state index in [-0.39, 0.29) is 23.8 Å². The molecule has 4 aliphatic heterocycles. The van der Waals surface area contributed by atoms with E-state index in [0.29, 0.717) is 5.56 Å². The zero-order valence-electron chi connectivity index (χ0n) is 39.8. The summed E-state index contributed by atoms with van der Waals surface area (Å²) in [6.45, 7) is -2.09. The summed E-state index contributed by atoms with van der Waals surface area (Å²) in [5, 5.41) is 106. The molecule has 0 aromatic heterocycles. The molecule has 30 nitrogen and oxygen atoms in total. The first-order valence-corrected chi connectivity index (χ1v) is 23.1. The summed E-state index contributed by atoms with van der Waals surface area (Å²) in [6.07, 6.45) is -14.8. The Hall–Kier alpha value is -7.45. The van der Waals surface area contributed by atoms with Gasteiger partial charge in [-0.1, -0.05) is 43.3 Å². The Balaban J connectivity index is 1.43. The topological polar surface area (TPSA) is 476 Å². The van der Waals surface area contributed by atoms with Crippen LogP contribution in [0, 0.1) is 0 Å². The Kier molecular flexibility index (Phi) is 18.5. The van der Waals surface area contributed by atoms with E-state index >= 15 is 0 Å². The van der Waals surface area contributed by atoms with Gasteiger partial charge in [0.15, 0.2) is 18.1 Å². The van der Waals surface area contributed by atoms with E-state index in [1.54, 1.807) is 37.3 Å². The number of amides is 7. The highest BCUT2D eigenvalue weighted by atomic mass is 16.6. The minimum Gasteiger partial charge on any atom is -0.506 e. The number of aromatic hydroxyl groups is 1. The van der Waals surface area contributed by atoms with Crippen LogP contribution in [0.4, 0.5) is 10.5 Å². The van der Waals surface area contributed by atoms with Crippen molar-refractivity contribution in [1.29, 1.82) is 0 Å². The third-order valence-electron chi connectivity index (χ3n) is 12.9. The highest BCUT2D eigenvalue weighted by Crippen LogP contribution is 2.30. The van der Waals surface area contributed by atoms with Crippen molar-refractivity contribution in [3.8, 4) is 5.75 Å². The van der Waals surface area contributed by atoms with Gasteiger partial charge >= 0.3 is 6.09 Å². The fourth-order valence-electron chi connectivity index (χ4n) is 8.68. The molecule has 30 heteroatoms. The number of phenolic OH excluding ortho intramolecular Hbond substituents is 1. The van der Waals surface area contributed by atoms with Crippen LogP contribution in [0.25, 0.3) is 0 Å². The molecule has 0 radical (unpaired) electrons. The minimum atomic E-state index is -2.30. The van der Waals surface area contributed by atoms with E-state index in [2.05, 4.69) is 57.3 Å². The number of aliphatic imine (C=N–C) groups is 2. The van der Waals surface area contributed by atoms with Gasteiger partial charge in [0.05, 0.1) is 57.7 Å². The Labute approximate surface area is 420 Å². The molecule has 15 atom stereocenters. The van der Waals surface area contributed by atoms with Crippen LogP contribution in [0.1, 0.15) is 24.0 Å². The number of aliphatic hydroxyl groups excluding tert-OH is 7. The summed E-state index contributed by atoms with van der Waals surface area (Å²) < 4.78 is 10.3. The minimum absolute atomic E-state index is 0.164. The fourth-order valence-corrected chi connectivity index (χ4v) is 8.68. The van der Waals surface area contributed by atoms with Crippen molar-refractivity contribution in [2.45, 2.75) is 104 Å². The molecule has 74 heavy (non-hydrogen) atoms. The number of guanidine groups is 2. The molecule has 2 saturated heterocycles. The first-order valence-electron chi connectivity index (χ1n) is 23.1. The number of ether oxygens (including phenoxy) is 2. The van der Waals surface area contributed by atoms with Gasteiger partial charge in [-0.05, 0) is 23.3 Å². The van der Waals surface area contributed by atoms with Crippen molar-refractivity contribution in [3.05, 3.63) is 59.7 Å². The molecule has 0 bridgehead atoms. The number of phenols is 1. The molecule has 0 spiro atoms. The van der Waals surface area contributed by atoms with Crippen molar-refractivity contribution < 1.29 is 83.9 Å². The Morgan fingerprint density at radius 1 is 0.784 bits per heavy atom. The average Bonchev–Trinajstić information content (AvgIpc) is 4.01. The third kappa shape index (κ3) is 12.8. The second-order valence-corrected chi connectivity index (χ2v) is 17.8. The first-order chi connectivity index (χ1) is 35.2. The lowest BCUT2D eigenvalue weighted by Crippen LogP contribution is -2.70. The molecule has 404 valence electrons. The number of carbonyl (C=O) groups is 7. The summed E-state index contributed by atoms with van der Waals surface area (Å²) in [5.74, 6) is -9.07. The third-order valence-corrected chi connectivity index (χ3v) is 12.9. The molecular weight excluding hydrogens is 983 g/mol. The van der Waals surface area contributed by atoms with Crippen LogP contribution >= 0.6 is 0 Å². The molecular formula is C44H61N13O17. The van der Waals surface area contributed by atoms with Crippen molar-refractivity contribution in [2.75, 3.05) is 45.3 Å². The van der Waals surface area contributed by atoms with Gasteiger partial charge in [-0.25, -0.2) is 4.79 Å². The number of aliphatic hydroxyl groups is 7. The van der Waals surface area contributed by atoms with Gasteiger partial charge in [-0.2, -0.15) is 0 Å². The second-order valence-electron chi connectivity index (χ2n) is 17.8. The average molecular weight is 1040 g/mol. The van der Waals surface area contributed by atoms with E-state index in [0.717, 1.165) is 18.1 Å². The molecule has 4 aliphatic rings.